The number of benzene rings is 2. The molecule has 0 bridgehead atoms. The minimum atomic E-state index is -5.03. The molecule has 0 fully saturated rings. The second kappa shape index (κ2) is 7.98. The van der Waals surface area contributed by atoms with Crippen molar-refractivity contribution in [1.29, 1.82) is 5.26 Å². The highest BCUT2D eigenvalue weighted by molar-refractivity contribution is 6.32. The van der Waals surface area contributed by atoms with Crippen LogP contribution in [-0.4, -0.2) is 12.5 Å². The van der Waals surface area contributed by atoms with Crippen molar-refractivity contribution in [2.75, 3.05) is 11.9 Å². The van der Waals surface area contributed by atoms with E-state index in [1.165, 1.54) is 18.2 Å². The van der Waals surface area contributed by atoms with E-state index in [2.05, 4.69) is 5.32 Å². The van der Waals surface area contributed by atoms with Crippen LogP contribution in [0, 0.1) is 11.3 Å². The van der Waals surface area contributed by atoms with E-state index < -0.39 is 41.7 Å². The highest BCUT2D eigenvalue weighted by Gasteiger charge is 2.37. The smallest absolute Gasteiger partial charge is 0.416 e. The molecule has 0 atom stereocenters. The maximum absolute atomic E-state index is 12.8. The minimum absolute atomic E-state index is 0.0499. The fourth-order valence-electron chi connectivity index (χ4n) is 2.04. The Kier molecular flexibility index (Phi) is 6.09. The molecule has 1 N–H and O–H groups in total. The van der Waals surface area contributed by atoms with Crippen molar-refractivity contribution in [3.63, 3.8) is 0 Å². The van der Waals surface area contributed by atoms with E-state index in [0.29, 0.717) is 12.1 Å². The summed E-state index contributed by atoms with van der Waals surface area (Å²) in [6.45, 7) is -0.851. The van der Waals surface area contributed by atoms with Crippen LogP contribution in [0.2, 0.25) is 5.02 Å². The molecule has 4 nitrogen and oxygen atoms in total. The summed E-state index contributed by atoms with van der Waals surface area (Å²) < 4.78 is 81.5. The fourth-order valence-corrected chi connectivity index (χ4v) is 2.26. The largest absolute Gasteiger partial charge is 0.484 e. The maximum atomic E-state index is 12.8. The van der Waals surface area contributed by atoms with Gasteiger partial charge in [-0.1, -0.05) is 11.6 Å². The molecule has 2 aromatic carbocycles. The molecule has 2 rings (SSSR count). The molecular weight excluding hydrogens is 414 g/mol. The number of alkyl halides is 6. The summed E-state index contributed by atoms with van der Waals surface area (Å²) in [5.41, 5.74) is -2.80. The highest BCUT2D eigenvalue weighted by Crippen LogP contribution is 2.38. The van der Waals surface area contributed by atoms with Gasteiger partial charge in [0.15, 0.2) is 6.61 Å². The Morgan fingerprint density at radius 2 is 1.61 bits per heavy atom. The Balaban J connectivity index is 2.14. The van der Waals surface area contributed by atoms with Crippen LogP contribution < -0.4 is 10.1 Å². The average molecular weight is 423 g/mol. The molecule has 0 saturated carbocycles. The van der Waals surface area contributed by atoms with Crippen LogP contribution in [0.15, 0.2) is 36.4 Å². The van der Waals surface area contributed by atoms with Gasteiger partial charge in [-0.2, -0.15) is 31.6 Å². The van der Waals surface area contributed by atoms with Crippen LogP contribution in [-0.2, 0) is 17.1 Å². The Morgan fingerprint density at radius 1 is 1.04 bits per heavy atom. The van der Waals surface area contributed by atoms with Gasteiger partial charge in [0.05, 0.1) is 21.7 Å². The third-order valence-electron chi connectivity index (χ3n) is 3.30. The van der Waals surface area contributed by atoms with Gasteiger partial charge in [0.2, 0.25) is 0 Å². The first-order chi connectivity index (χ1) is 12.9. The van der Waals surface area contributed by atoms with Crippen LogP contribution >= 0.6 is 11.6 Å². The van der Waals surface area contributed by atoms with Gasteiger partial charge >= 0.3 is 12.4 Å². The van der Waals surface area contributed by atoms with Crippen LogP contribution in [0.1, 0.15) is 16.7 Å². The number of carbonyl (C=O) groups is 1. The zero-order valence-corrected chi connectivity index (χ0v) is 14.3. The van der Waals surface area contributed by atoms with Crippen molar-refractivity contribution < 1.29 is 35.9 Å². The first-order valence-corrected chi connectivity index (χ1v) is 7.70. The van der Waals surface area contributed by atoms with Gasteiger partial charge in [-0.3, -0.25) is 4.79 Å². The van der Waals surface area contributed by atoms with E-state index in [4.69, 9.17) is 21.6 Å². The number of amides is 1. The predicted molar refractivity (Wildman–Crippen MR) is 86.7 cm³/mol. The molecule has 0 spiro atoms. The van der Waals surface area contributed by atoms with E-state index in [1.54, 1.807) is 6.07 Å². The third kappa shape index (κ3) is 5.53. The summed E-state index contributed by atoms with van der Waals surface area (Å²) in [5, 5.41) is 11.1. The molecule has 0 aliphatic heterocycles. The number of halogens is 7. The summed E-state index contributed by atoms with van der Waals surface area (Å²) in [6.07, 6.45) is -10.1. The molecule has 0 aliphatic carbocycles. The number of nitrogens with zero attached hydrogens (tertiary/aromatic N) is 1. The zero-order chi connectivity index (χ0) is 21.1. The van der Waals surface area contributed by atoms with Crippen LogP contribution in [0.5, 0.6) is 5.75 Å². The summed E-state index contributed by atoms with van der Waals surface area (Å²) in [4.78, 5) is 11.8. The summed E-state index contributed by atoms with van der Waals surface area (Å²) in [7, 11) is 0. The van der Waals surface area contributed by atoms with Crippen LogP contribution in [0.4, 0.5) is 32.0 Å². The predicted octanol–water partition coefficient (Wildman–Crippen LogP) is 5.27. The number of rotatable bonds is 4. The average Bonchev–Trinajstić information content (AvgIpc) is 2.58. The van der Waals surface area contributed by atoms with E-state index in [0.717, 1.165) is 0 Å². The van der Waals surface area contributed by atoms with Crippen molar-refractivity contribution in [3.8, 4) is 11.8 Å². The van der Waals surface area contributed by atoms with Gasteiger partial charge in [0.25, 0.3) is 5.91 Å². The second-order valence-corrected chi connectivity index (χ2v) is 5.79. The molecular formula is C17H9ClF6N2O2. The van der Waals surface area contributed by atoms with Crippen molar-refractivity contribution in [2.45, 2.75) is 12.4 Å². The van der Waals surface area contributed by atoms with Crippen molar-refractivity contribution in [1.82, 2.24) is 0 Å². The molecule has 0 unspecified atom stereocenters. The molecule has 11 heteroatoms. The van der Waals surface area contributed by atoms with Gasteiger partial charge < -0.3 is 10.1 Å². The Morgan fingerprint density at radius 3 is 2.07 bits per heavy atom. The van der Waals surface area contributed by atoms with Gasteiger partial charge in [0.1, 0.15) is 11.8 Å². The van der Waals surface area contributed by atoms with Crippen molar-refractivity contribution >= 4 is 23.2 Å². The van der Waals surface area contributed by atoms with Gasteiger partial charge in [0, 0.05) is 5.69 Å². The minimum Gasteiger partial charge on any atom is -0.484 e. The Labute approximate surface area is 159 Å². The van der Waals surface area contributed by atoms with E-state index in [9.17, 15) is 31.1 Å². The van der Waals surface area contributed by atoms with Crippen molar-refractivity contribution in [2.24, 2.45) is 0 Å². The second-order valence-electron chi connectivity index (χ2n) is 5.38. The van der Waals surface area contributed by atoms with Gasteiger partial charge in [-0.15, -0.1) is 0 Å². The molecule has 148 valence electrons. The Bertz CT molecular complexity index is 902. The Hall–Kier alpha value is -2.93. The molecule has 1 amide bonds. The van der Waals surface area contributed by atoms with Gasteiger partial charge in [-0.05, 0) is 36.4 Å². The maximum Gasteiger partial charge on any atom is 0.416 e. The monoisotopic (exact) mass is 422 g/mol. The van der Waals surface area contributed by atoms with Crippen molar-refractivity contribution in [3.05, 3.63) is 58.1 Å². The topological polar surface area (TPSA) is 62.1 Å². The number of hydrogen-bond donors (Lipinski definition) is 1. The van der Waals surface area contributed by atoms with Crippen LogP contribution in [0.25, 0.3) is 0 Å². The van der Waals surface area contributed by atoms with E-state index in [1.807, 2.05) is 0 Å². The molecule has 0 heterocycles. The SMILES string of the molecule is N#Cc1ccc(NC(=O)COc2cc(C(F)(F)F)cc(C(F)(F)F)c2)cc1Cl. The number of nitrogens with one attached hydrogen (secondary N) is 1. The third-order valence-corrected chi connectivity index (χ3v) is 3.62. The molecule has 0 aliphatic rings. The summed E-state index contributed by atoms with van der Waals surface area (Å²) in [5.74, 6) is -1.62. The quantitative estimate of drug-likeness (QED) is 0.683. The highest BCUT2D eigenvalue weighted by atomic mass is 35.5. The molecule has 0 saturated heterocycles. The lowest BCUT2D eigenvalue weighted by molar-refractivity contribution is -0.143. The van der Waals surface area contributed by atoms with E-state index in [-0.39, 0.29) is 22.3 Å². The van der Waals surface area contributed by atoms with Gasteiger partial charge in [-0.25, -0.2) is 0 Å². The first kappa shape index (κ1) is 21.4. The standard InChI is InChI=1S/C17H9ClF6N2O2/c18-14-6-12(2-1-9(14)7-25)26-15(27)8-28-13-4-10(16(19,20)21)3-11(5-13)17(22,23)24/h1-6H,8H2,(H,26,27). The number of hydrogen-bond acceptors (Lipinski definition) is 3. The van der Waals surface area contributed by atoms with Crippen LogP contribution in [0.3, 0.4) is 0 Å². The lowest BCUT2D eigenvalue weighted by atomic mass is 10.1. The lowest BCUT2D eigenvalue weighted by Gasteiger charge is -2.14. The number of ether oxygens (including phenoxy) is 1. The molecule has 2 aromatic rings. The molecule has 0 aromatic heterocycles. The number of carbonyl (C=O) groups excluding carboxylic acids is 1. The zero-order valence-electron chi connectivity index (χ0n) is 13.6. The fraction of sp³-hybridized carbons (Fsp3) is 0.176. The molecule has 28 heavy (non-hydrogen) atoms. The number of nitriles is 1. The number of anilines is 1. The van der Waals surface area contributed by atoms with E-state index >= 15 is 0 Å². The summed E-state index contributed by atoms with van der Waals surface area (Å²) in [6, 6.07) is 6.39. The molecule has 0 radical (unpaired) electrons. The lowest BCUT2D eigenvalue weighted by Crippen LogP contribution is -2.20. The first-order valence-electron chi connectivity index (χ1n) is 7.32. The summed E-state index contributed by atoms with van der Waals surface area (Å²) >= 11 is 5.79. The normalized spacial score (nSPS) is 11.6.